The molecule has 0 radical (unpaired) electrons. The second-order valence-corrected chi connectivity index (χ2v) is 4.63. The van der Waals surface area contributed by atoms with Gasteiger partial charge in [0.2, 0.25) is 0 Å². The number of rotatable bonds is 5. The van der Waals surface area contributed by atoms with Crippen LogP contribution in [0.3, 0.4) is 0 Å². The van der Waals surface area contributed by atoms with Gasteiger partial charge in [-0.2, -0.15) is 10.4 Å². The van der Waals surface area contributed by atoms with E-state index < -0.39 is 0 Å². The van der Waals surface area contributed by atoms with E-state index >= 15 is 0 Å². The van der Waals surface area contributed by atoms with Gasteiger partial charge in [0.05, 0.1) is 23.1 Å². The normalized spacial score (nSPS) is 10.3. The summed E-state index contributed by atoms with van der Waals surface area (Å²) in [5, 5.41) is 24.7. The summed E-state index contributed by atoms with van der Waals surface area (Å²) in [6.45, 7) is 4.09. The third kappa shape index (κ3) is 2.77. The van der Waals surface area contributed by atoms with Gasteiger partial charge in [0.1, 0.15) is 11.4 Å². The first-order valence-electron chi connectivity index (χ1n) is 6.83. The Hall–Kier alpha value is -2.68. The number of hydrogen-bond donors (Lipinski definition) is 0. The summed E-state index contributed by atoms with van der Waals surface area (Å²) in [5.74, 6) is 0. The molecule has 2 rings (SSSR count). The van der Waals surface area contributed by atoms with Crippen LogP contribution in [0.2, 0.25) is 0 Å². The topological polar surface area (TPSA) is 84.8 Å². The third-order valence-electron chi connectivity index (χ3n) is 3.41. The molecular weight excluding hydrogens is 268 g/mol. The number of aryl methyl sites for hydroxylation is 1. The van der Waals surface area contributed by atoms with Crippen LogP contribution in [0.1, 0.15) is 36.4 Å². The van der Waals surface area contributed by atoms with Gasteiger partial charge in [-0.3, -0.25) is 14.8 Å². The lowest BCUT2D eigenvalue weighted by molar-refractivity contribution is -0.386. The van der Waals surface area contributed by atoms with E-state index in [9.17, 15) is 10.1 Å². The van der Waals surface area contributed by atoms with Crippen molar-refractivity contribution in [3.05, 3.63) is 56.9 Å². The molecular formula is C15H16N4O2. The molecule has 0 spiro atoms. The molecule has 0 aliphatic rings. The smallest absolute Gasteiger partial charge is 0.258 e. The number of nitriles is 1. The predicted molar refractivity (Wildman–Crippen MR) is 77.9 cm³/mol. The van der Waals surface area contributed by atoms with E-state index in [4.69, 9.17) is 5.26 Å². The second kappa shape index (κ2) is 6.18. The lowest BCUT2D eigenvalue weighted by Gasteiger charge is -2.06. The van der Waals surface area contributed by atoms with Crippen molar-refractivity contribution in [1.29, 1.82) is 5.26 Å². The molecule has 0 bridgehead atoms. The van der Waals surface area contributed by atoms with E-state index in [0.717, 1.165) is 5.56 Å². The fourth-order valence-corrected chi connectivity index (χ4v) is 2.40. The van der Waals surface area contributed by atoms with Gasteiger partial charge >= 0.3 is 5.69 Å². The fraction of sp³-hybridized carbons (Fsp3) is 0.333. The van der Waals surface area contributed by atoms with Crippen molar-refractivity contribution in [3.8, 4) is 6.07 Å². The van der Waals surface area contributed by atoms with E-state index in [1.807, 2.05) is 26.0 Å². The molecule has 0 saturated carbocycles. The minimum absolute atomic E-state index is 0.106. The molecule has 0 N–H and O–H groups in total. The summed E-state index contributed by atoms with van der Waals surface area (Å²) in [5.41, 5.74) is 2.58. The van der Waals surface area contributed by atoms with E-state index in [2.05, 4.69) is 11.2 Å². The Morgan fingerprint density at radius 1 is 1.33 bits per heavy atom. The maximum atomic E-state index is 11.2. The number of aromatic nitrogens is 2. The summed E-state index contributed by atoms with van der Waals surface area (Å²) in [6, 6.07) is 9.36. The van der Waals surface area contributed by atoms with Gasteiger partial charge in [-0.15, -0.1) is 0 Å². The van der Waals surface area contributed by atoms with E-state index in [-0.39, 0.29) is 10.6 Å². The average Bonchev–Trinajstić information content (AvgIpc) is 2.85. The summed E-state index contributed by atoms with van der Waals surface area (Å²) in [4.78, 5) is 10.9. The predicted octanol–water partition coefficient (Wildman–Crippen LogP) is 2.84. The van der Waals surface area contributed by atoms with Crippen LogP contribution in [-0.4, -0.2) is 14.7 Å². The van der Waals surface area contributed by atoms with Crippen LogP contribution in [0.4, 0.5) is 5.69 Å². The van der Waals surface area contributed by atoms with Crippen molar-refractivity contribution in [1.82, 2.24) is 9.78 Å². The van der Waals surface area contributed by atoms with E-state index in [0.29, 0.717) is 36.3 Å². The van der Waals surface area contributed by atoms with Crippen LogP contribution in [0.5, 0.6) is 0 Å². The van der Waals surface area contributed by atoms with Gasteiger partial charge in [0.25, 0.3) is 0 Å². The maximum absolute atomic E-state index is 11.2. The highest BCUT2D eigenvalue weighted by atomic mass is 16.6. The first-order chi connectivity index (χ1) is 10.1. The Morgan fingerprint density at radius 3 is 2.62 bits per heavy atom. The quantitative estimate of drug-likeness (QED) is 0.624. The van der Waals surface area contributed by atoms with Gasteiger partial charge in [0, 0.05) is 0 Å². The summed E-state index contributed by atoms with van der Waals surface area (Å²) < 4.78 is 1.65. The monoisotopic (exact) mass is 284 g/mol. The lowest BCUT2D eigenvalue weighted by atomic mass is 10.1. The molecule has 108 valence electrons. The Balaban J connectivity index is 2.50. The van der Waals surface area contributed by atoms with Crippen LogP contribution in [0, 0.1) is 21.4 Å². The highest BCUT2D eigenvalue weighted by Gasteiger charge is 2.25. The number of nitrogens with zero attached hydrogens (tertiary/aromatic N) is 4. The largest absolute Gasteiger partial charge is 0.313 e. The summed E-state index contributed by atoms with van der Waals surface area (Å²) >= 11 is 0. The Bertz CT molecular complexity index is 713. The van der Waals surface area contributed by atoms with Crippen LogP contribution in [0.25, 0.3) is 0 Å². The third-order valence-corrected chi connectivity index (χ3v) is 3.41. The molecule has 0 aliphatic heterocycles. The van der Waals surface area contributed by atoms with Crippen molar-refractivity contribution < 1.29 is 4.92 Å². The SMILES string of the molecule is CCc1nn(Cc2ccccc2C#N)c(CC)c1[N+](=O)[O-]. The lowest BCUT2D eigenvalue weighted by Crippen LogP contribution is -2.08. The minimum atomic E-state index is -0.364. The van der Waals surface area contributed by atoms with Gasteiger partial charge in [-0.25, -0.2) is 0 Å². The molecule has 6 nitrogen and oxygen atoms in total. The Kier molecular flexibility index (Phi) is 4.33. The molecule has 1 aromatic carbocycles. The maximum Gasteiger partial charge on any atom is 0.313 e. The molecule has 0 atom stereocenters. The van der Waals surface area contributed by atoms with Crippen molar-refractivity contribution in [3.63, 3.8) is 0 Å². The molecule has 2 aromatic rings. The molecule has 0 unspecified atom stereocenters. The first kappa shape index (κ1) is 14.7. The van der Waals surface area contributed by atoms with Crippen molar-refractivity contribution in [2.24, 2.45) is 0 Å². The van der Waals surface area contributed by atoms with Crippen molar-refractivity contribution >= 4 is 5.69 Å². The number of hydrogen-bond acceptors (Lipinski definition) is 4. The van der Waals surface area contributed by atoms with Crippen LogP contribution >= 0.6 is 0 Å². The highest BCUT2D eigenvalue weighted by Crippen LogP contribution is 2.25. The molecule has 6 heteroatoms. The van der Waals surface area contributed by atoms with E-state index in [1.165, 1.54) is 0 Å². The molecule has 0 aliphatic carbocycles. The van der Waals surface area contributed by atoms with Gasteiger partial charge in [-0.1, -0.05) is 32.0 Å². The minimum Gasteiger partial charge on any atom is -0.258 e. The highest BCUT2D eigenvalue weighted by molar-refractivity contribution is 5.43. The Labute approximate surface area is 122 Å². The zero-order valence-electron chi connectivity index (χ0n) is 12.0. The molecule has 0 amide bonds. The molecule has 1 aromatic heterocycles. The number of nitro groups is 1. The fourth-order valence-electron chi connectivity index (χ4n) is 2.40. The van der Waals surface area contributed by atoms with Gasteiger partial charge in [0.15, 0.2) is 0 Å². The summed E-state index contributed by atoms with van der Waals surface area (Å²) in [7, 11) is 0. The molecule has 1 heterocycles. The van der Waals surface area contributed by atoms with Crippen LogP contribution in [-0.2, 0) is 19.4 Å². The molecule has 21 heavy (non-hydrogen) atoms. The van der Waals surface area contributed by atoms with Crippen LogP contribution in [0.15, 0.2) is 24.3 Å². The van der Waals surface area contributed by atoms with Gasteiger partial charge in [-0.05, 0) is 24.5 Å². The van der Waals surface area contributed by atoms with Crippen molar-refractivity contribution in [2.45, 2.75) is 33.2 Å². The van der Waals surface area contributed by atoms with Crippen LogP contribution < -0.4 is 0 Å². The van der Waals surface area contributed by atoms with Gasteiger partial charge < -0.3 is 0 Å². The average molecular weight is 284 g/mol. The molecule has 0 saturated heterocycles. The second-order valence-electron chi connectivity index (χ2n) is 4.63. The zero-order chi connectivity index (χ0) is 15.4. The van der Waals surface area contributed by atoms with Crippen molar-refractivity contribution in [2.75, 3.05) is 0 Å². The summed E-state index contributed by atoms with van der Waals surface area (Å²) in [6.07, 6.45) is 1.04. The number of benzene rings is 1. The molecule has 0 fully saturated rings. The first-order valence-corrected chi connectivity index (χ1v) is 6.83. The zero-order valence-corrected chi connectivity index (χ0v) is 12.0. The standard InChI is InChI=1S/C15H16N4O2/c1-3-13-15(19(20)21)14(4-2)18(17-13)10-12-8-6-5-7-11(12)9-16/h5-8H,3-4,10H2,1-2H3. The Morgan fingerprint density at radius 2 is 2.05 bits per heavy atom. The van der Waals surface area contributed by atoms with E-state index in [1.54, 1.807) is 16.8 Å².